The Hall–Kier alpha value is -2.66. The van der Waals surface area contributed by atoms with Crippen molar-refractivity contribution in [3.63, 3.8) is 0 Å². The van der Waals surface area contributed by atoms with E-state index in [4.69, 9.17) is 4.74 Å². The Morgan fingerprint density at radius 3 is 2.59 bits per heavy atom. The number of aromatic nitrogens is 2. The fourth-order valence-electron chi connectivity index (χ4n) is 3.95. The van der Waals surface area contributed by atoms with Gasteiger partial charge in [0.25, 0.3) is 0 Å². The van der Waals surface area contributed by atoms with Crippen LogP contribution in [0.25, 0.3) is 11.0 Å². The van der Waals surface area contributed by atoms with Crippen LogP contribution in [0.3, 0.4) is 0 Å². The molecule has 0 radical (unpaired) electrons. The van der Waals surface area contributed by atoms with Gasteiger partial charge in [0.15, 0.2) is 0 Å². The van der Waals surface area contributed by atoms with Crippen LogP contribution in [0.15, 0.2) is 58.2 Å². The summed E-state index contributed by atoms with van der Waals surface area (Å²) in [6.45, 7) is 2.15. The van der Waals surface area contributed by atoms with Crippen LogP contribution in [-0.4, -0.2) is 66.7 Å². The molecule has 2 heterocycles. The number of hydrogen-bond donors (Lipinski definition) is 4. The predicted molar refractivity (Wildman–Crippen MR) is 121 cm³/mol. The van der Waals surface area contributed by atoms with Crippen LogP contribution in [-0.2, 0) is 10.0 Å². The molecule has 10 heteroatoms. The minimum atomic E-state index is -3.44. The minimum absolute atomic E-state index is 0.0904. The van der Waals surface area contributed by atoms with E-state index in [1.54, 1.807) is 52.8 Å². The van der Waals surface area contributed by atoms with Crippen LogP contribution in [0.2, 0.25) is 0 Å². The van der Waals surface area contributed by atoms with E-state index in [0.717, 1.165) is 12.8 Å². The third-order valence-electron chi connectivity index (χ3n) is 5.71. The maximum atomic E-state index is 12.7. The van der Waals surface area contributed by atoms with Gasteiger partial charge < -0.3 is 25.1 Å². The van der Waals surface area contributed by atoms with Crippen molar-refractivity contribution in [3.8, 4) is 5.75 Å². The van der Waals surface area contributed by atoms with Crippen molar-refractivity contribution in [3.05, 3.63) is 59.0 Å². The molecule has 172 valence electrons. The van der Waals surface area contributed by atoms with Crippen LogP contribution in [0, 0.1) is 5.92 Å². The number of nitrogens with zero attached hydrogens (tertiary/aromatic N) is 1. The van der Waals surface area contributed by atoms with Gasteiger partial charge in [0.05, 0.1) is 10.4 Å². The summed E-state index contributed by atoms with van der Waals surface area (Å²) in [4.78, 5) is 17.1. The summed E-state index contributed by atoms with van der Waals surface area (Å²) >= 11 is 0. The lowest BCUT2D eigenvalue weighted by Gasteiger charge is -2.31. The third kappa shape index (κ3) is 5.21. The molecular formula is C22H28N4O5S. The van der Waals surface area contributed by atoms with Crippen molar-refractivity contribution in [1.82, 2.24) is 19.6 Å². The summed E-state index contributed by atoms with van der Waals surface area (Å²) < 4.78 is 32.6. The highest BCUT2D eigenvalue weighted by Gasteiger charge is 2.29. The molecule has 0 aliphatic carbocycles. The van der Waals surface area contributed by atoms with Gasteiger partial charge in [-0.05, 0) is 49.6 Å². The van der Waals surface area contributed by atoms with Gasteiger partial charge in [0, 0.05) is 19.6 Å². The lowest BCUT2D eigenvalue weighted by atomic mass is 9.98. The minimum Gasteiger partial charge on any atom is -0.489 e. The predicted octanol–water partition coefficient (Wildman–Crippen LogP) is 1.29. The summed E-state index contributed by atoms with van der Waals surface area (Å²) in [6.07, 6.45) is 0.831. The molecule has 1 aliphatic heterocycles. The zero-order valence-electron chi connectivity index (χ0n) is 17.7. The zero-order chi connectivity index (χ0) is 22.6. The van der Waals surface area contributed by atoms with Crippen LogP contribution in [0.5, 0.6) is 5.75 Å². The first-order chi connectivity index (χ1) is 15.4. The Morgan fingerprint density at radius 2 is 1.84 bits per heavy atom. The average molecular weight is 461 g/mol. The first kappa shape index (κ1) is 22.5. The maximum absolute atomic E-state index is 12.7. The number of nitrogens with one attached hydrogen (secondary N) is 3. The molecule has 4 rings (SSSR count). The van der Waals surface area contributed by atoms with Gasteiger partial charge in [-0.15, -0.1) is 0 Å². The molecule has 0 bridgehead atoms. The quantitative estimate of drug-likeness (QED) is 0.381. The van der Waals surface area contributed by atoms with Gasteiger partial charge >= 0.3 is 5.69 Å². The van der Waals surface area contributed by atoms with E-state index in [2.05, 4.69) is 15.3 Å². The Morgan fingerprint density at radius 1 is 1.09 bits per heavy atom. The number of hydrogen-bond acceptors (Lipinski definition) is 6. The van der Waals surface area contributed by atoms with Crippen molar-refractivity contribution in [2.45, 2.75) is 23.8 Å². The first-order valence-electron chi connectivity index (χ1n) is 10.7. The SMILES string of the molecule is O=c1[nH]c2cccc(OC[C@@H](O)CNCC3CCN(S(=O)(=O)c4ccccc4)CC3)c2[nH]1. The van der Waals surface area contributed by atoms with Gasteiger partial charge in [-0.2, -0.15) is 4.31 Å². The highest BCUT2D eigenvalue weighted by molar-refractivity contribution is 7.89. The fraction of sp³-hybridized carbons (Fsp3) is 0.409. The molecule has 3 aromatic rings. The Balaban J connectivity index is 1.19. The second kappa shape index (κ2) is 9.86. The highest BCUT2D eigenvalue weighted by Crippen LogP contribution is 2.23. The molecule has 0 saturated carbocycles. The molecule has 1 saturated heterocycles. The molecule has 1 aliphatic rings. The van der Waals surface area contributed by atoms with E-state index >= 15 is 0 Å². The highest BCUT2D eigenvalue weighted by atomic mass is 32.2. The summed E-state index contributed by atoms with van der Waals surface area (Å²) in [7, 11) is -3.44. The van der Waals surface area contributed by atoms with Gasteiger partial charge in [-0.1, -0.05) is 24.3 Å². The molecule has 1 aromatic heterocycles. The van der Waals surface area contributed by atoms with Crippen molar-refractivity contribution in [1.29, 1.82) is 0 Å². The second-order valence-electron chi connectivity index (χ2n) is 8.04. The molecular weight excluding hydrogens is 432 g/mol. The summed E-state index contributed by atoms with van der Waals surface area (Å²) in [6, 6.07) is 13.8. The number of para-hydroxylation sites is 1. The van der Waals surface area contributed by atoms with Gasteiger partial charge in [0.2, 0.25) is 10.0 Å². The standard InChI is InChI=1S/C22H28N4O5S/c27-17(15-31-20-8-4-7-19-21(20)25-22(28)24-19)14-23-13-16-9-11-26(12-10-16)32(29,30)18-5-2-1-3-6-18/h1-8,16-17,23,27H,9-15H2,(H2,24,25,28)/t17-/m0/s1. The van der Waals surface area contributed by atoms with E-state index in [1.807, 2.05) is 0 Å². The Kier molecular flexibility index (Phi) is 6.95. The van der Waals surface area contributed by atoms with Gasteiger partial charge in [0.1, 0.15) is 24.0 Å². The summed E-state index contributed by atoms with van der Waals surface area (Å²) in [5.74, 6) is 0.857. The van der Waals surface area contributed by atoms with Crippen LogP contribution in [0.1, 0.15) is 12.8 Å². The Labute approximate surface area is 186 Å². The smallest absolute Gasteiger partial charge is 0.323 e. The van der Waals surface area contributed by atoms with Gasteiger partial charge in [-0.25, -0.2) is 13.2 Å². The first-order valence-corrected chi connectivity index (χ1v) is 12.2. The van der Waals surface area contributed by atoms with Crippen molar-refractivity contribution in [2.24, 2.45) is 5.92 Å². The molecule has 1 fully saturated rings. The molecule has 0 spiro atoms. The normalized spacial score (nSPS) is 16.9. The molecule has 4 N–H and O–H groups in total. The number of imidazole rings is 1. The number of fused-ring (bicyclic) bond motifs is 1. The van der Waals surface area contributed by atoms with Crippen molar-refractivity contribution >= 4 is 21.1 Å². The van der Waals surface area contributed by atoms with Crippen LogP contribution >= 0.6 is 0 Å². The van der Waals surface area contributed by atoms with E-state index in [0.29, 0.717) is 53.8 Å². The number of aliphatic hydroxyl groups is 1. The third-order valence-corrected chi connectivity index (χ3v) is 7.62. The number of piperidine rings is 1. The molecule has 0 amide bonds. The van der Waals surface area contributed by atoms with E-state index in [9.17, 15) is 18.3 Å². The number of H-pyrrole nitrogens is 2. The van der Waals surface area contributed by atoms with Crippen molar-refractivity contribution < 1.29 is 18.3 Å². The van der Waals surface area contributed by atoms with Crippen molar-refractivity contribution in [2.75, 3.05) is 32.8 Å². The number of benzene rings is 2. The van der Waals surface area contributed by atoms with Crippen LogP contribution in [0.4, 0.5) is 0 Å². The molecule has 0 unspecified atom stereocenters. The lowest BCUT2D eigenvalue weighted by Crippen LogP contribution is -2.42. The zero-order valence-corrected chi connectivity index (χ0v) is 18.5. The Bertz CT molecular complexity index is 1180. The fourth-order valence-corrected chi connectivity index (χ4v) is 5.44. The number of rotatable bonds is 9. The van der Waals surface area contributed by atoms with E-state index in [-0.39, 0.29) is 12.3 Å². The number of aromatic amines is 2. The molecule has 9 nitrogen and oxygen atoms in total. The monoisotopic (exact) mass is 460 g/mol. The maximum Gasteiger partial charge on any atom is 0.323 e. The summed E-state index contributed by atoms with van der Waals surface area (Å²) in [5.41, 5.74) is 0.927. The number of ether oxygens (including phenoxy) is 1. The molecule has 1 atom stereocenters. The van der Waals surface area contributed by atoms with Crippen LogP contribution < -0.4 is 15.7 Å². The number of aliphatic hydroxyl groups excluding tert-OH is 1. The molecule has 2 aromatic carbocycles. The average Bonchev–Trinajstić information content (AvgIpc) is 3.19. The van der Waals surface area contributed by atoms with E-state index < -0.39 is 16.1 Å². The lowest BCUT2D eigenvalue weighted by molar-refractivity contribution is 0.105. The second-order valence-corrected chi connectivity index (χ2v) is 9.98. The summed E-state index contributed by atoms with van der Waals surface area (Å²) in [5, 5.41) is 13.5. The topological polar surface area (TPSA) is 128 Å². The number of sulfonamides is 1. The van der Waals surface area contributed by atoms with E-state index in [1.165, 1.54) is 0 Å². The molecule has 32 heavy (non-hydrogen) atoms. The van der Waals surface area contributed by atoms with Gasteiger partial charge in [-0.3, -0.25) is 0 Å². The largest absolute Gasteiger partial charge is 0.489 e.